The van der Waals surface area contributed by atoms with Gasteiger partial charge in [-0.05, 0) is 42.8 Å². The summed E-state index contributed by atoms with van der Waals surface area (Å²) in [7, 11) is 1.76. The number of carbonyl (C=O) groups excluding carboxylic acids is 1. The van der Waals surface area contributed by atoms with Gasteiger partial charge in [0.1, 0.15) is 0 Å². The van der Waals surface area contributed by atoms with E-state index in [-0.39, 0.29) is 11.9 Å². The Morgan fingerprint density at radius 2 is 1.76 bits per heavy atom. The van der Waals surface area contributed by atoms with Crippen LogP contribution < -0.4 is 0 Å². The fourth-order valence-electron chi connectivity index (χ4n) is 1.99. The van der Waals surface area contributed by atoms with Gasteiger partial charge in [-0.2, -0.15) is 0 Å². The van der Waals surface area contributed by atoms with Crippen LogP contribution in [0, 0.1) is 0 Å². The highest BCUT2D eigenvalue weighted by Crippen LogP contribution is 2.26. The molecule has 2 aromatic rings. The van der Waals surface area contributed by atoms with Gasteiger partial charge in [-0.3, -0.25) is 4.79 Å². The summed E-state index contributed by atoms with van der Waals surface area (Å²) in [5.74, 6) is -0.122. The normalized spacial score (nSPS) is 12.0. The lowest BCUT2D eigenvalue weighted by atomic mass is 10.1. The second kappa shape index (κ2) is 6.82. The van der Waals surface area contributed by atoms with Crippen LogP contribution in [0.3, 0.4) is 0 Å². The lowest BCUT2D eigenvalue weighted by Crippen LogP contribution is -2.29. The molecule has 2 rings (SSSR count). The molecule has 0 saturated carbocycles. The molecule has 0 aromatic heterocycles. The molecule has 0 N–H and O–H groups in total. The summed E-state index contributed by atoms with van der Waals surface area (Å²) in [5, 5.41) is 1.12. The van der Waals surface area contributed by atoms with Gasteiger partial charge < -0.3 is 4.90 Å². The standard InChI is InChI=1S/C16H14BrCl2NO/c1-10(11-3-6-13(18)7-4-11)20(2)16(21)14-9-12(17)5-8-15(14)19/h3-10H,1-2H3. The first-order chi connectivity index (χ1) is 9.90. The van der Waals surface area contributed by atoms with Crippen LogP contribution in [0.1, 0.15) is 28.9 Å². The number of nitrogens with zero attached hydrogens (tertiary/aromatic N) is 1. The van der Waals surface area contributed by atoms with E-state index in [4.69, 9.17) is 23.2 Å². The smallest absolute Gasteiger partial charge is 0.255 e. The van der Waals surface area contributed by atoms with Crippen molar-refractivity contribution in [3.63, 3.8) is 0 Å². The number of hydrogen-bond donors (Lipinski definition) is 0. The second-order valence-electron chi connectivity index (χ2n) is 4.77. The highest BCUT2D eigenvalue weighted by Gasteiger charge is 2.21. The largest absolute Gasteiger partial charge is 0.335 e. The van der Waals surface area contributed by atoms with E-state index in [1.807, 2.05) is 37.3 Å². The van der Waals surface area contributed by atoms with Crippen LogP contribution in [-0.4, -0.2) is 17.9 Å². The van der Waals surface area contributed by atoms with Crippen molar-refractivity contribution in [2.45, 2.75) is 13.0 Å². The zero-order valence-corrected chi connectivity index (χ0v) is 14.7. The fraction of sp³-hybridized carbons (Fsp3) is 0.188. The number of amides is 1. The van der Waals surface area contributed by atoms with Crippen molar-refractivity contribution in [1.29, 1.82) is 0 Å². The summed E-state index contributed by atoms with van der Waals surface area (Å²) in [6.45, 7) is 1.97. The zero-order chi connectivity index (χ0) is 15.6. The molecule has 0 saturated heterocycles. The molecule has 0 aliphatic heterocycles. The lowest BCUT2D eigenvalue weighted by Gasteiger charge is -2.26. The Kier molecular flexibility index (Phi) is 5.31. The maximum Gasteiger partial charge on any atom is 0.255 e. The van der Waals surface area contributed by atoms with Crippen LogP contribution >= 0.6 is 39.1 Å². The minimum atomic E-state index is -0.122. The van der Waals surface area contributed by atoms with Gasteiger partial charge in [0, 0.05) is 16.5 Å². The summed E-state index contributed by atoms with van der Waals surface area (Å²) in [6.07, 6.45) is 0. The topological polar surface area (TPSA) is 20.3 Å². The Hall–Kier alpha value is -1.03. The highest BCUT2D eigenvalue weighted by molar-refractivity contribution is 9.10. The van der Waals surface area contributed by atoms with Gasteiger partial charge in [0.25, 0.3) is 5.91 Å². The molecule has 1 unspecified atom stereocenters. The molecular formula is C16H14BrCl2NO. The predicted octanol–water partition coefficient (Wildman–Crippen LogP) is 5.59. The van der Waals surface area contributed by atoms with E-state index in [9.17, 15) is 4.79 Å². The molecule has 1 amide bonds. The minimum Gasteiger partial charge on any atom is -0.335 e. The molecule has 0 radical (unpaired) electrons. The fourth-order valence-corrected chi connectivity index (χ4v) is 2.68. The Morgan fingerprint density at radius 3 is 2.38 bits per heavy atom. The van der Waals surface area contributed by atoms with Crippen molar-refractivity contribution in [2.75, 3.05) is 7.05 Å². The second-order valence-corrected chi connectivity index (χ2v) is 6.53. The number of benzene rings is 2. The van der Waals surface area contributed by atoms with Gasteiger partial charge in [-0.15, -0.1) is 0 Å². The van der Waals surface area contributed by atoms with Gasteiger partial charge in [0.05, 0.1) is 16.6 Å². The molecule has 21 heavy (non-hydrogen) atoms. The van der Waals surface area contributed by atoms with Gasteiger partial charge in [-0.1, -0.05) is 51.3 Å². The Morgan fingerprint density at radius 1 is 1.14 bits per heavy atom. The molecule has 1 atom stereocenters. The van der Waals surface area contributed by atoms with Crippen LogP contribution in [0.25, 0.3) is 0 Å². The molecule has 2 nitrogen and oxygen atoms in total. The zero-order valence-electron chi connectivity index (χ0n) is 11.6. The van der Waals surface area contributed by atoms with E-state index < -0.39 is 0 Å². The lowest BCUT2D eigenvalue weighted by molar-refractivity contribution is 0.0743. The van der Waals surface area contributed by atoms with E-state index in [0.717, 1.165) is 10.0 Å². The van der Waals surface area contributed by atoms with Gasteiger partial charge in [-0.25, -0.2) is 0 Å². The monoisotopic (exact) mass is 385 g/mol. The van der Waals surface area contributed by atoms with Crippen LogP contribution in [0.5, 0.6) is 0 Å². The summed E-state index contributed by atoms with van der Waals surface area (Å²) >= 11 is 15.4. The van der Waals surface area contributed by atoms with Gasteiger partial charge in [0.2, 0.25) is 0 Å². The van der Waals surface area contributed by atoms with E-state index >= 15 is 0 Å². The van der Waals surface area contributed by atoms with Crippen molar-refractivity contribution in [3.05, 3.63) is 68.1 Å². The number of rotatable bonds is 3. The first-order valence-corrected chi connectivity index (χ1v) is 7.92. The van der Waals surface area contributed by atoms with E-state index in [0.29, 0.717) is 15.6 Å². The molecule has 0 spiro atoms. The Labute approximate surface area is 142 Å². The van der Waals surface area contributed by atoms with Gasteiger partial charge >= 0.3 is 0 Å². The quantitative estimate of drug-likeness (QED) is 0.673. The summed E-state index contributed by atoms with van der Waals surface area (Å²) in [6, 6.07) is 12.6. The molecule has 5 heteroatoms. The van der Waals surface area contributed by atoms with Crippen molar-refractivity contribution >= 4 is 45.0 Å². The first kappa shape index (κ1) is 16.3. The number of halogens is 3. The molecule has 0 bridgehead atoms. The number of hydrogen-bond acceptors (Lipinski definition) is 1. The van der Waals surface area contributed by atoms with E-state index in [1.165, 1.54) is 0 Å². The minimum absolute atomic E-state index is 0.0789. The third-order valence-electron chi connectivity index (χ3n) is 3.41. The maximum absolute atomic E-state index is 12.6. The molecule has 0 heterocycles. The van der Waals surface area contributed by atoms with Crippen molar-refractivity contribution < 1.29 is 4.79 Å². The first-order valence-electron chi connectivity index (χ1n) is 6.38. The molecule has 2 aromatic carbocycles. The van der Waals surface area contributed by atoms with Crippen LogP contribution in [0.4, 0.5) is 0 Å². The van der Waals surface area contributed by atoms with Crippen LogP contribution in [0.15, 0.2) is 46.9 Å². The number of carbonyl (C=O) groups is 1. The molecular weight excluding hydrogens is 373 g/mol. The SMILES string of the molecule is CC(c1ccc(Cl)cc1)N(C)C(=O)c1cc(Br)ccc1Cl. The average molecular weight is 387 g/mol. The molecule has 0 fully saturated rings. The van der Waals surface area contributed by atoms with Gasteiger partial charge in [0.15, 0.2) is 0 Å². The van der Waals surface area contributed by atoms with E-state index in [1.54, 1.807) is 24.1 Å². The summed E-state index contributed by atoms with van der Waals surface area (Å²) in [5.41, 5.74) is 1.50. The molecule has 110 valence electrons. The van der Waals surface area contributed by atoms with Crippen LogP contribution in [0.2, 0.25) is 10.0 Å². The Balaban J connectivity index is 2.26. The highest BCUT2D eigenvalue weighted by atomic mass is 79.9. The van der Waals surface area contributed by atoms with Crippen LogP contribution in [-0.2, 0) is 0 Å². The Bertz CT molecular complexity index is 658. The van der Waals surface area contributed by atoms with Crippen molar-refractivity contribution in [2.24, 2.45) is 0 Å². The van der Waals surface area contributed by atoms with Crippen molar-refractivity contribution in [3.8, 4) is 0 Å². The maximum atomic E-state index is 12.6. The van der Waals surface area contributed by atoms with Crippen molar-refractivity contribution in [1.82, 2.24) is 4.90 Å². The average Bonchev–Trinajstić information content (AvgIpc) is 2.48. The van der Waals surface area contributed by atoms with E-state index in [2.05, 4.69) is 15.9 Å². The summed E-state index contributed by atoms with van der Waals surface area (Å²) < 4.78 is 0.822. The third kappa shape index (κ3) is 3.79. The summed E-state index contributed by atoms with van der Waals surface area (Å²) in [4.78, 5) is 14.3. The molecule has 0 aliphatic carbocycles. The predicted molar refractivity (Wildman–Crippen MR) is 91.1 cm³/mol. The molecule has 0 aliphatic rings. The third-order valence-corrected chi connectivity index (χ3v) is 4.49.